The smallest absolute Gasteiger partial charge is 0.222 e. The topological polar surface area (TPSA) is 76.2 Å². The summed E-state index contributed by atoms with van der Waals surface area (Å²) < 4.78 is 11.5. The van der Waals surface area contributed by atoms with E-state index >= 15 is 0 Å². The average molecular weight is 789 g/mol. The fraction of sp³-hybridized carbons (Fsp3) is 0.605. The first kappa shape index (κ1) is 39.6. The molecule has 7 rings (SSSR count). The summed E-state index contributed by atoms with van der Waals surface area (Å²) in [5.74, 6) is 1.69. The van der Waals surface area contributed by atoms with E-state index < -0.39 is 0 Å². The second kappa shape index (κ2) is 17.5. The lowest BCUT2D eigenvalue weighted by Gasteiger charge is -2.44. The third-order valence-corrected chi connectivity index (χ3v) is 12.4. The Bertz CT molecular complexity index is 1510. The predicted octanol–water partition coefficient (Wildman–Crippen LogP) is 9.08. The molecule has 50 heavy (non-hydrogen) atoms. The normalized spacial score (nSPS) is 25.4. The van der Waals surface area contributed by atoms with Crippen LogP contribution < -0.4 is 0 Å². The van der Waals surface area contributed by atoms with Gasteiger partial charge in [0.25, 0.3) is 0 Å². The van der Waals surface area contributed by atoms with Gasteiger partial charge in [0.15, 0.2) is 6.29 Å². The fourth-order valence-corrected chi connectivity index (χ4v) is 8.38. The number of carbonyl (C=O) groups excluding carboxylic acids is 3. The van der Waals surface area contributed by atoms with Crippen molar-refractivity contribution >= 4 is 76.9 Å². The SMILES string of the molecule is Cl.O=C(CC1CC1)N1CCC[C@](CC2OCCO2)(c2ccc(Cl)c(Cl)c2)C1.O=CC[C@]1(c2ccc(Cl)c(Cl)c2)CCCN(C(=O)CC2CC2)C1. The van der Waals surface area contributed by atoms with Gasteiger partial charge in [-0.25, -0.2) is 0 Å². The van der Waals surface area contributed by atoms with Crippen LogP contribution in [0.1, 0.15) is 88.2 Å². The molecule has 0 bridgehead atoms. The van der Waals surface area contributed by atoms with Gasteiger partial charge in [0.2, 0.25) is 11.8 Å². The van der Waals surface area contributed by atoms with E-state index in [2.05, 4.69) is 0 Å². The number of ether oxygens (including phenoxy) is 2. The number of aldehydes is 1. The lowest BCUT2D eigenvalue weighted by molar-refractivity contribution is -0.135. The number of nitrogens with zero attached hydrogens (tertiary/aromatic N) is 2. The molecular formula is C38H47Cl5N2O5. The van der Waals surface area contributed by atoms with Crippen molar-refractivity contribution in [3.63, 3.8) is 0 Å². The highest BCUT2D eigenvalue weighted by molar-refractivity contribution is 6.42. The molecule has 2 atom stereocenters. The van der Waals surface area contributed by atoms with Crippen molar-refractivity contribution in [3.8, 4) is 0 Å². The van der Waals surface area contributed by atoms with E-state index in [1.807, 2.05) is 40.1 Å². The molecule has 3 aliphatic heterocycles. The third kappa shape index (κ3) is 9.89. The van der Waals surface area contributed by atoms with Crippen LogP contribution in [-0.2, 0) is 34.7 Å². The number of carbonyl (C=O) groups is 3. The molecule has 3 saturated heterocycles. The first-order chi connectivity index (χ1) is 23.6. The highest BCUT2D eigenvalue weighted by Gasteiger charge is 2.43. The van der Waals surface area contributed by atoms with Crippen molar-refractivity contribution in [2.75, 3.05) is 39.4 Å². The van der Waals surface area contributed by atoms with E-state index in [0.717, 1.165) is 62.6 Å². The summed E-state index contributed by atoms with van der Waals surface area (Å²) in [6.45, 7) is 4.17. The van der Waals surface area contributed by atoms with Gasteiger partial charge in [-0.05, 0) is 98.6 Å². The van der Waals surface area contributed by atoms with Crippen LogP contribution in [0.2, 0.25) is 20.1 Å². The molecule has 0 aromatic heterocycles. The number of amides is 2. The Labute approximate surface area is 322 Å². The molecule has 12 heteroatoms. The number of likely N-dealkylation sites (tertiary alicyclic amines) is 2. The second-order valence-corrected chi connectivity index (χ2v) is 16.3. The van der Waals surface area contributed by atoms with Gasteiger partial charge in [-0.3, -0.25) is 9.59 Å². The highest BCUT2D eigenvalue weighted by atomic mass is 35.5. The van der Waals surface area contributed by atoms with Gasteiger partial charge in [-0.2, -0.15) is 0 Å². The summed E-state index contributed by atoms with van der Waals surface area (Å²) >= 11 is 24.6. The molecule has 2 amide bonds. The Hall–Kier alpha value is -1.58. The average Bonchev–Trinajstić information content (AvgIpc) is 4.03. The van der Waals surface area contributed by atoms with Crippen LogP contribution >= 0.6 is 58.8 Å². The molecule has 2 aromatic rings. The minimum absolute atomic E-state index is 0. The number of halogens is 5. The van der Waals surface area contributed by atoms with Gasteiger partial charge >= 0.3 is 0 Å². The zero-order chi connectivity index (χ0) is 34.6. The summed E-state index contributed by atoms with van der Waals surface area (Å²) in [4.78, 5) is 40.5. The molecule has 3 heterocycles. The van der Waals surface area contributed by atoms with E-state index in [0.29, 0.717) is 77.5 Å². The Balaban J connectivity index is 0.000000192. The summed E-state index contributed by atoms with van der Waals surface area (Å²) in [5, 5.41) is 2.11. The number of benzene rings is 2. The van der Waals surface area contributed by atoms with E-state index in [1.54, 1.807) is 6.07 Å². The van der Waals surface area contributed by atoms with Crippen LogP contribution in [0.3, 0.4) is 0 Å². The van der Waals surface area contributed by atoms with Gasteiger partial charge in [-0.15, -0.1) is 12.4 Å². The van der Waals surface area contributed by atoms with Crippen molar-refractivity contribution in [3.05, 3.63) is 67.6 Å². The molecule has 0 radical (unpaired) electrons. The molecule has 5 fully saturated rings. The first-order valence-corrected chi connectivity index (χ1v) is 19.2. The van der Waals surface area contributed by atoms with E-state index in [4.69, 9.17) is 55.9 Å². The van der Waals surface area contributed by atoms with Crippen LogP contribution in [-0.4, -0.2) is 73.6 Å². The number of piperidine rings is 2. The van der Waals surface area contributed by atoms with Crippen LogP contribution in [0, 0.1) is 11.8 Å². The standard InChI is InChI=1S/C20H25Cl2NO3.C18H21Cl2NO2.ClH/c21-16-5-4-15(11-17(16)22)20(12-19-25-8-9-26-19)6-1-7-23(13-20)18(24)10-14-2-3-14;19-15-5-4-14(11-16(15)20)18(7-9-22)6-1-8-21(12-18)17(23)10-13-2-3-13;/h4-5,11,14,19H,1-3,6-10,12-13H2;4-5,9,11,13H,1-3,6-8,10,12H2;1H/t20-;18-;/m11./s1. The molecule has 0 spiro atoms. The Morgan fingerprint density at radius 3 is 1.64 bits per heavy atom. The first-order valence-electron chi connectivity index (χ1n) is 17.7. The molecule has 5 aliphatic rings. The van der Waals surface area contributed by atoms with Crippen molar-refractivity contribution in [1.82, 2.24) is 9.80 Å². The molecular weight excluding hydrogens is 742 g/mol. The van der Waals surface area contributed by atoms with Crippen LogP contribution in [0.5, 0.6) is 0 Å². The molecule has 0 N–H and O–H groups in total. The number of rotatable bonds is 10. The molecule has 274 valence electrons. The van der Waals surface area contributed by atoms with E-state index in [1.165, 1.54) is 25.7 Å². The second-order valence-electron chi connectivity index (χ2n) is 14.7. The molecule has 2 aliphatic carbocycles. The number of hydrogen-bond donors (Lipinski definition) is 0. The van der Waals surface area contributed by atoms with Gasteiger partial charge in [0.1, 0.15) is 6.29 Å². The summed E-state index contributed by atoms with van der Waals surface area (Å²) in [5.41, 5.74) is 1.58. The van der Waals surface area contributed by atoms with E-state index in [-0.39, 0.29) is 41.3 Å². The quantitative estimate of drug-likeness (QED) is 0.225. The maximum atomic E-state index is 12.7. The van der Waals surface area contributed by atoms with Crippen molar-refractivity contribution in [2.45, 2.75) is 94.2 Å². The van der Waals surface area contributed by atoms with Gasteiger partial charge < -0.3 is 24.1 Å². The Morgan fingerprint density at radius 2 is 1.18 bits per heavy atom. The lowest BCUT2D eigenvalue weighted by Crippen LogP contribution is -2.50. The molecule has 7 nitrogen and oxygen atoms in total. The monoisotopic (exact) mass is 786 g/mol. The fourth-order valence-electron chi connectivity index (χ4n) is 7.78. The van der Waals surface area contributed by atoms with Gasteiger partial charge in [0, 0.05) is 62.7 Å². The Morgan fingerprint density at radius 1 is 0.720 bits per heavy atom. The minimum Gasteiger partial charge on any atom is -0.350 e. The largest absolute Gasteiger partial charge is 0.350 e. The maximum Gasteiger partial charge on any atom is 0.222 e. The van der Waals surface area contributed by atoms with Gasteiger partial charge in [-0.1, -0.05) is 58.5 Å². The van der Waals surface area contributed by atoms with E-state index in [9.17, 15) is 14.4 Å². The lowest BCUT2D eigenvalue weighted by atomic mass is 9.71. The molecule has 2 aromatic carbocycles. The zero-order valence-corrected chi connectivity index (χ0v) is 32.2. The maximum absolute atomic E-state index is 12.7. The highest BCUT2D eigenvalue weighted by Crippen LogP contribution is 2.43. The van der Waals surface area contributed by atoms with Crippen molar-refractivity contribution in [2.24, 2.45) is 11.8 Å². The van der Waals surface area contributed by atoms with Crippen molar-refractivity contribution in [1.29, 1.82) is 0 Å². The predicted molar refractivity (Wildman–Crippen MR) is 201 cm³/mol. The third-order valence-electron chi connectivity index (χ3n) is 11.0. The molecule has 2 saturated carbocycles. The van der Waals surface area contributed by atoms with Crippen LogP contribution in [0.25, 0.3) is 0 Å². The summed E-state index contributed by atoms with van der Waals surface area (Å²) in [6, 6.07) is 11.4. The zero-order valence-electron chi connectivity index (χ0n) is 28.4. The molecule has 0 unspecified atom stereocenters. The van der Waals surface area contributed by atoms with Crippen LogP contribution in [0.15, 0.2) is 36.4 Å². The number of hydrogen-bond acceptors (Lipinski definition) is 5. The Kier molecular flexibility index (Phi) is 13.9. The van der Waals surface area contributed by atoms with Crippen molar-refractivity contribution < 1.29 is 23.9 Å². The minimum atomic E-state index is -0.340. The summed E-state index contributed by atoms with van der Waals surface area (Å²) in [6.07, 6.45) is 11.7. The van der Waals surface area contributed by atoms with Crippen LogP contribution in [0.4, 0.5) is 0 Å². The van der Waals surface area contributed by atoms with Gasteiger partial charge in [0.05, 0.1) is 33.3 Å². The summed E-state index contributed by atoms with van der Waals surface area (Å²) in [7, 11) is 0.